The van der Waals surface area contributed by atoms with Gasteiger partial charge in [0, 0.05) is 20.0 Å². The zero-order chi connectivity index (χ0) is 10.4. The normalized spacial score (nSPS) is 23.6. The average molecular weight is 193 g/mol. The quantitative estimate of drug-likeness (QED) is 0.653. The highest BCUT2D eigenvalue weighted by Crippen LogP contribution is 2.15. The lowest BCUT2D eigenvalue weighted by molar-refractivity contribution is 0.258. The van der Waals surface area contributed by atoms with Crippen molar-refractivity contribution in [2.24, 2.45) is 5.73 Å². The number of allylic oxidation sites excluding steroid dienone is 3. The second kappa shape index (κ2) is 5.50. The fourth-order valence-corrected chi connectivity index (χ4v) is 1.56. The maximum Gasteiger partial charge on any atom is 0.0560 e. The van der Waals surface area contributed by atoms with Crippen LogP contribution in [-0.4, -0.2) is 18.6 Å². The summed E-state index contributed by atoms with van der Waals surface area (Å²) in [7, 11) is 1.92. The summed E-state index contributed by atoms with van der Waals surface area (Å²) < 4.78 is 0. The van der Waals surface area contributed by atoms with Gasteiger partial charge in [-0.05, 0) is 18.9 Å². The van der Waals surface area contributed by atoms with Crippen molar-refractivity contribution in [1.82, 2.24) is 10.4 Å². The van der Waals surface area contributed by atoms with E-state index in [1.165, 1.54) is 0 Å². The predicted octanol–water partition coefficient (Wildman–Crippen LogP) is 1.52. The van der Waals surface area contributed by atoms with Crippen molar-refractivity contribution >= 4 is 0 Å². The van der Waals surface area contributed by atoms with Gasteiger partial charge in [-0.1, -0.05) is 18.7 Å². The van der Waals surface area contributed by atoms with E-state index in [-0.39, 0.29) is 0 Å². The number of rotatable bonds is 2. The van der Waals surface area contributed by atoms with Crippen LogP contribution in [0.4, 0.5) is 0 Å². The highest BCUT2D eigenvalue weighted by molar-refractivity contribution is 5.22. The van der Waals surface area contributed by atoms with Gasteiger partial charge in [0.05, 0.1) is 11.4 Å². The number of nitrogens with one attached hydrogen (secondary N) is 1. The molecule has 0 spiro atoms. The largest absolute Gasteiger partial charge is 0.397 e. The van der Waals surface area contributed by atoms with E-state index in [1.54, 1.807) is 6.08 Å². The number of hydrogen-bond acceptors (Lipinski definition) is 3. The molecule has 0 saturated heterocycles. The first kappa shape index (κ1) is 10.9. The van der Waals surface area contributed by atoms with E-state index >= 15 is 0 Å². The van der Waals surface area contributed by atoms with Crippen molar-refractivity contribution in [1.29, 1.82) is 0 Å². The van der Waals surface area contributed by atoms with Gasteiger partial charge < -0.3 is 10.7 Å². The molecule has 0 unspecified atom stereocenters. The second-order valence-corrected chi connectivity index (χ2v) is 3.30. The van der Waals surface area contributed by atoms with Crippen LogP contribution in [0.2, 0.25) is 0 Å². The van der Waals surface area contributed by atoms with Gasteiger partial charge in [-0.2, -0.15) is 0 Å². The first-order chi connectivity index (χ1) is 6.79. The molecule has 1 aliphatic rings. The third-order valence-electron chi connectivity index (χ3n) is 2.38. The van der Waals surface area contributed by atoms with Gasteiger partial charge in [0.15, 0.2) is 0 Å². The monoisotopic (exact) mass is 193 g/mol. The van der Waals surface area contributed by atoms with Crippen molar-refractivity contribution in [3.05, 3.63) is 36.2 Å². The van der Waals surface area contributed by atoms with E-state index in [1.807, 2.05) is 7.05 Å². The van der Waals surface area contributed by atoms with Gasteiger partial charge in [0.25, 0.3) is 0 Å². The Bertz CT molecular complexity index is 253. The zero-order valence-electron chi connectivity index (χ0n) is 8.79. The summed E-state index contributed by atoms with van der Waals surface area (Å²) in [4.78, 5) is 0. The number of nitrogens with zero attached hydrogens (tertiary/aromatic N) is 1. The predicted molar refractivity (Wildman–Crippen MR) is 60.2 cm³/mol. The Kier molecular flexibility index (Phi) is 4.26. The van der Waals surface area contributed by atoms with Crippen LogP contribution in [0.1, 0.15) is 19.3 Å². The molecule has 3 nitrogen and oxygen atoms in total. The van der Waals surface area contributed by atoms with Crippen LogP contribution in [0, 0.1) is 0 Å². The van der Waals surface area contributed by atoms with Crippen LogP contribution in [-0.2, 0) is 0 Å². The van der Waals surface area contributed by atoms with Crippen molar-refractivity contribution in [2.45, 2.75) is 19.3 Å². The van der Waals surface area contributed by atoms with E-state index in [0.717, 1.165) is 37.2 Å². The summed E-state index contributed by atoms with van der Waals surface area (Å²) in [5, 5.41) is 2.10. The molecule has 1 rings (SSSR count). The molecule has 0 amide bonds. The van der Waals surface area contributed by atoms with Gasteiger partial charge in [-0.15, -0.1) is 0 Å². The molecule has 0 bridgehead atoms. The number of hydrazine groups is 1. The molecule has 3 N–H and O–H groups in total. The van der Waals surface area contributed by atoms with Crippen LogP contribution in [0.3, 0.4) is 0 Å². The Labute approximate surface area is 85.9 Å². The molecule has 0 saturated carbocycles. The Morgan fingerprint density at radius 3 is 3.07 bits per heavy atom. The van der Waals surface area contributed by atoms with E-state index in [2.05, 4.69) is 29.2 Å². The van der Waals surface area contributed by atoms with Gasteiger partial charge in [0.2, 0.25) is 0 Å². The lowest BCUT2D eigenvalue weighted by Crippen LogP contribution is -2.36. The molecule has 0 aromatic heterocycles. The lowest BCUT2D eigenvalue weighted by atomic mass is 10.1. The van der Waals surface area contributed by atoms with Gasteiger partial charge in [-0.25, -0.2) is 5.43 Å². The minimum Gasteiger partial charge on any atom is -0.397 e. The van der Waals surface area contributed by atoms with Crippen LogP contribution < -0.4 is 11.2 Å². The lowest BCUT2D eigenvalue weighted by Gasteiger charge is -2.27. The third kappa shape index (κ3) is 2.64. The fourth-order valence-electron chi connectivity index (χ4n) is 1.56. The Balaban J connectivity index is 2.88. The maximum atomic E-state index is 5.88. The maximum absolute atomic E-state index is 5.88. The molecule has 78 valence electrons. The minimum absolute atomic E-state index is 0.755. The summed E-state index contributed by atoms with van der Waals surface area (Å²) >= 11 is 0. The SMILES string of the molecule is C=C/C(N)=C1/C/C=C\CCCN1NC. The standard InChI is InChI=1S/C11H19N3/c1-3-10(12)11-8-6-4-5-7-9-14(11)13-2/h3-4,6,13H,1,5,7-9,12H2,2H3/b6-4-,11-10+. The molecule has 1 heterocycles. The Morgan fingerprint density at radius 1 is 1.64 bits per heavy atom. The van der Waals surface area contributed by atoms with Gasteiger partial charge in [-0.3, -0.25) is 0 Å². The van der Waals surface area contributed by atoms with E-state index < -0.39 is 0 Å². The topological polar surface area (TPSA) is 41.3 Å². The molecule has 0 aromatic rings. The third-order valence-corrected chi connectivity index (χ3v) is 2.38. The molecule has 0 radical (unpaired) electrons. The zero-order valence-corrected chi connectivity index (χ0v) is 8.79. The molecule has 0 aliphatic carbocycles. The van der Waals surface area contributed by atoms with E-state index in [4.69, 9.17) is 5.73 Å². The molecular weight excluding hydrogens is 174 g/mol. The van der Waals surface area contributed by atoms with E-state index in [0.29, 0.717) is 0 Å². The van der Waals surface area contributed by atoms with E-state index in [9.17, 15) is 0 Å². The summed E-state index contributed by atoms with van der Waals surface area (Å²) in [5.74, 6) is 0. The Hall–Kier alpha value is -1.22. The summed E-state index contributed by atoms with van der Waals surface area (Å²) in [6, 6.07) is 0. The highest BCUT2D eigenvalue weighted by atomic mass is 15.5. The number of nitrogens with two attached hydrogens (primary N) is 1. The molecule has 3 heteroatoms. The molecule has 0 aromatic carbocycles. The Morgan fingerprint density at radius 2 is 2.43 bits per heavy atom. The molecule has 14 heavy (non-hydrogen) atoms. The van der Waals surface area contributed by atoms with Crippen LogP contribution in [0.25, 0.3) is 0 Å². The molecular formula is C11H19N3. The molecule has 0 fully saturated rings. The van der Waals surface area contributed by atoms with Gasteiger partial charge in [0.1, 0.15) is 0 Å². The second-order valence-electron chi connectivity index (χ2n) is 3.30. The van der Waals surface area contributed by atoms with Crippen LogP contribution in [0.15, 0.2) is 36.2 Å². The van der Waals surface area contributed by atoms with Crippen LogP contribution in [0.5, 0.6) is 0 Å². The first-order valence-electron chi connectivity index (χ1n) is 5.00. The summed E-state index contributed by atoms with van der Waals surface area (Å²) in [5.41, 5.74) is 10.9. The number of hydrogen-bond donors (Lipinski definition) is 2. The van der Waals surface area contributed by atoms with Crippen molar-refractivity contribution in [3.8, 4) is 0 Å². The molecule has 1 aliphatic heterocycles. The average Bonchev–Trinajstić information content (AvgIpc) is 2.17. The summed E-state index contributed by atoms with van der Waals surface area (Å²) in [6.07, 6.45) is 9.23. The fraction of sp³-hybridized carbons (Fsp3) is 0.455. The first-order valence-corrected chi connectivity index (χ1v) is 5.00. The van der Waals surface area contributed by atoms with Crippen molar-refractivity contribution < 1.29 is 0 Å². The van der Waals surface area contributed by atoms with Crippen molar-refractivity contribution in [3.63, 3.8) is 0 Å². The van der Waals surface area contributed by atoms with Crippen molar-refractivity contribution in [2.75, 3.05) is 13.6 Å². The highest BCUT2D eigenvalue weighted by Gasteiger charge is 2.10. The minimum atomic E-state index is 0.755. The van der Waals surface area contributed by atoms with Gasteiger partial charge >= 0.3 is 0 Å². The summed E-state index contributed by atoms with van der Waals surface area (Å²) in [6.45, 7) is 4.69. The smallest absolute Gasteiger partial charge is 0.0560 e. The van der Waals surface area contributed by atoms with Crippen LogP contribution >= 0.6 is 0 Å². The molecule has 0 atom stereocenters.